The normalized spacial score (nSPS) is 11.8. The maximum absolute atomic E-state index is 6.15. The van der Waals surface area contributed by atoms with Gasteiger partial charge in [-0.25, -0.2) is 4.98 Å². The first-order valence-corrected chi connectivity index (χ1v) is 7.74. The van der Waals surface area contributed by atoms with E-state index in [9.17, 15) is 0 Å². The molecular weight excluding hydrogens is 383 g/mol. The Hall–Kier alpha value is -1.33. The summed E-state index contributed by atoms with van der Waals surface area (Å²) >= 11 is 8.54. The average molecular weight is 393 g/mol. The summed E-state index contributed by atoms with van der Waals surface area (Å²) in [6.07, 6.45) is 0. The maximum Gasteiger partial charge on any atom is 0.102 e. The van der Waals surface area contributed by atoms with Crippen molar-refractivity contribution in [3.63, 3.8) is 0 Å². The largest absolute Gasteiger partial charge is 0.342 e. The Balaban J connectivity index is 2.32. The number of fused-ring (bicyclic) bond motifs is 4. The number of halogens is 2. The second-order valence-electron chi connectivity index (χ2n) is 4.86. The van der Waals surface area contributed by atoms with Gasteiger partial charge in [0.15, 0.2) is 0 Å². The van der Waals surface area contributed by atoms with Gasteiger partial charge >= 0.3 is 0 Å². The molecule has 2 heterocycles. The van der Waals surface area contributed by atoms with E-state index in [1.807, 2.05) is 18.2 Å². The highest BCUT2D eigenvalue weighted by molar-refractivity contribution is 14.1. The first-order chi connectivity index (χ1) is 9.66. The molecule has 0 unspecified atom stereocenters. The monoisotopic (exact) mass is 392 g/mol. The third kappa shape index (κ3) is 1.59. The number of pyridine rings is 1. The van der Waals surface area contributed by atoms with Crippen LogP contribution in [-0.4, -0.2) is 9.55 Å². The fourth-order valence-electron chi connectivity index (χ4n) is 2.79. The molecule has 4 heteroatoms. The summed E-state index contributed by atoms with van der Waals surface area (Å²) in [6.45, 7) is 0. The van der Waals surface area contributed by atoms with Crippen molar-refractivity contribution in [1.29, 1.82) is 0 Å². The van der Waals surface area contributed by atoms with Crippen molar-refractivity contribution in [2.24, 2.45) is 7.05 Å². The van der Waals surface area contributed by atoms with Gasteiger partial charge in [-0.2, -0.15) is 0 Å². The Morgan fingerprint density at radius 2 is 1.90 bits per heavy atom. The molecule has 2 aliphatic rings. The van der Waals surface area contributed by atoms with E-state index in [2.05, 4.69) is 58.5 Å². The van der Waals surface area contributed by atoms with Crippen LogP contribution in [-0.2, 0) is 7.05 Å². The first kappa shape index (κ1) is 12.4. The van der Waals surface area contributed by atoms with Crippen LogP contribution < -0.4 is 0 Å². The first-order valence-electron chi connectivity index (χ1n) is 6.28. The molecule has 0 saturated heterocycles. The van der Waals surface area contributed by atoms with Crippen LogP contribution in [0.25, 0.3) is 33.2 Å². The lowest BCUT2D eigenvalue weighted by Crippen LogP contribution is -2.01. The molecule has 0 spiro atoms. The molecule has 2 aliphatic heterocycles. The summed E-state index contributed by atoms with van der Waals surface area (Å²) in [6, 6.07) is 14.3. The van der Waals surface area contributed by atoms with Crippen molar-refractivity contribution >= 4 is 56.0 Å². The summed E-state index contributed by atoms with van der Waals surface area (Å²) in [7, 11) is 2.09. The number of para-hydroxylation sites is 1. The van der Waals surface area contributed by atoms with Gasteiger partial charge in [0.25, 0.3) is 0 Å². The van der Waals surface area contributed by atoms with Crippen LogP contribution in [0.1, 0.15) is 0 Å². The van der Waals surface area contributed by atoms with Crippen LogP contribution in [0.2, 0.25) is 5.02 Å². The maximum atomic E-state index is 6.15. The molecule has 0 aliphatic carbocycles. The van der Waals surface area contributed by atoms with E-state index in [1.165, 1.54) is 14.5 Å². The topological polar surface area (TPSA) is 17.8 Å². The second kappa shape index (κ2) is 4.33. The molecule has 0 N–H and O–H groups in total. The summed E-state index contributed by atoms with van der Waals surface area (Å²) in [5.74, 6) is 0. The van der Waals surface area contributed by atoms with E-state index in [-0.39, 0.29) is 0 Å². The van der Waals surface area contributed by atoms with Gasteiger partial charge in [0.2, 0.25) is 0 Å². The van der Waals surface area contributed by atoms with Crippen molar-refractivity contribution in [2.75, 3.05) is 0 Å². The summed E-state index contributed by atoms with van der Waals surface area (Å²) < 4.78 is 3.40. The minimum Gasteiger partial charge on any atom is -0.342 e. The number of nitrogens with zero attached hydrogens (tertiary/aromatic N) is 2. The Morgan fingerprint density at radius 1 is 1.10 bits per heavy atom. The number of hydrogen-bond donors (Lipinski definition) is 0. The van der Waals surface area contributed by atoms with E-state index in [1.54, 1.807) is 0 Å². The molecule has 98 valence electrons. The molecule has 0 radical (unpaired) electrons. The number of benzene rings is 2. The van der Waals surface area contributed by atoms with Gasteiger partial charge in [-0.05, 0) is 46.9 Å². The van der Waals surface area contributed by atoms with Gasteiger partial charge in [0.1, 0.15) is 5.69 Å². The van der Waals surface area contributed by atoms with E-state index in [0.717, 1.165) is 27.3 Å². The molecule has 0 bridgehead atoms. The fraction of sp³-hybridized carbons (Fsp3) is 0.0625. The molecule has 4 rings (SSSR count). The summed E-state index contributed by atoms with van der Waals surface area (Å²) in [5.41, 5.74) is 4.39. The van der Waals surface area contributed by atoms with Gasteiger partial charge < -0.3 is 4.57 Å². The van der Waals surface area contributed by atoms with Crippen molar-refractivity contribution in [3.8, 4) is 11.4 Å². The molecule has 0 aromatic heterocycles. The van der Waals surface area contributed by atoms with Crippen molar-refractivity contribution < 1.29 is 0 Å². The summed E-state index contributed by atoms with van der Waals surface area (Å²) in [5, 5.41) is 3.09. The number of rotatable bonds is 0. The smallest absolute Gasteiger partial charge is 0.102 e. The summed E-state index contributed by atoms with van der Waals surface area (Å²) in [4.78, 5) is 4.78. The minimum absolute atomic E-state index is 0.745. The van der Waals surface area contributed by atoms with Gasteiger partial charge in [-0.3, -0.25) is 0 Å². The highest BCUT2D eigenvalue weighted by Gasteiger charge is 2.20. The van der Waals surface area contributed by atoms with Crippen molar-refractivity contribution in [3.05, 3.63) is 51.1 Å². The Labute approximate surface area is 134 Å². The highest BCUT2D eigenvalue weighted by Crippen LogP contribution is 2.39. The van der Waals surface area contributed by atoms with Crippen LogP contribution >= 0.6 is 34.2 Å². The Morgan fingerprint density at radius 3 is 2.75 bits per heavy atom. The third-order valence-corrected chi connectivity index (χ3v) is 5.04. The van der Waals surface area contributed by atoms with Crippen LogP contribution in [0, 0.1) is 3.57 Å². The van der Waals surface area contributed by atoms with E-state index in [0.29, 0.717) is 0 Å². The molecule has 0 amide bonds. The van der Waals surface area contributed by atoms with Crippen LogP contribution in [0.4, 0.5) is 0 Å². The van der Waals surface area contributed by atoms with Crippen molar-refractivity contribution in [2.45, 2.75) is 0 Å². The molecular formula is C16H10ClIN2. The number of aromatic nitrogens is 2. The second-order valence-corrected chi connectivity index (χ2v) is 6.38. The fourth-order valence-corrected chi connectivity index (χ4v) is 3.79. The SMILES string of the molecule is Cn1c2c3cc(Cl)ccc3nc-2c(I)c2ccccc21. The Kier molecular flexibility index (Phi) is 2.69. The quantitative estimate of drug-likeness (QED) is 0.381. The zero-order valence-corrected chi connectivity index (χ0v) is 13.6. The Bertz CT molecular complexity index is 942. The van der Waals surface area contributed by atoms with Gasteiger partial charge in [0, 0.05) is 28.4 Å². The molecule has 0 saturated carbocycles. The number of aryl methyl sites for hydroxylation is 1. The highest BCUT2D eigenvalue weighted by atomic mass is 127. The molecule has 2 aromatic rings. The zero-order valence-electron chi connectivity index (χ0n) is 10.7. The van der Waals surface area contributed by atoms with Crippen molar-refractivity contribution in [1.82, 2.24) is 9.55 Å². The van der Waals surface area contributed by atoms with E-state index in [4.69, 9.17) is 16.6 Å². The van der Waals surface area contributed by atoms with Gasteiger partial charge in [-0.1, -0.05) is 29.8 Å². The molecule has 2 nitrogen and oxygen atoms in total. The third-order valence-electron chi connectivity index (χ3n) is 3.72. The van der Waals surface area contributed by atoms with Crippen LogP contribution in [0.15, 0.2) is 42.5 Å². The van der Waals surface area contributed by atoms with Crippen LogP contribution in [0.3, 0.4) is 0 Å². The minimum atomic E-state index is 0.745. The average Bonchev–Trinajstić information content (AvgIpc) is 2.84. The molecule has 20 heavy (non-hydrogen) atoms. The van der Waals surface area contributed by atoms with Gasteiger partial charge in [-0.15, -0.1) is 0 Å². The van der Waals surface area contributed by atoms with Crippen LogP contribution in [0.5, 0.6) is 0 Å². The lowest BCUT2D eigenvalue weighted by molar-refractivity contribution is 0.965. The van der Waals surface area contributed by atoms with Gasteiger partial charge in [0.05, 0.1) is 14.8 Å². The predicted octanol–water partition coefficient (Wildman–Crippen LogP) is 5.09. The zero-order chi connectivity index (χ0) is 13.9. The van der Waals surface area contributed by atoms with E-state index < -0.39 is 0 Å². The predicted molar refractivity (Wildman–Crippen MR) is 92.6 cm³/mol. The van der Waals surface area contributed by atoms with E-state index >= 15 is 0 Å². The molecule has 0 atom stereocenters. The lowest BCUT2D eigenvalue weighted by Gasteiger charge is -2.14. The lowest BCUT2D eigenvalue weighted by atomic mass is 10.1. The number of hydrogen-bond acceptors (Lipinski definition) is 1. The molecule has 0 fully saturated rings. The standard InChI is InChI=1S/C16H10ClIN2/c1-20-13-5-3-2-4-10(13)14(18)15-16(20)11-8-9(17)6-7-12(11)19-15/h2-8H,1H3. The molecule has 2 aromatic carbocycles.